The SMILES string of the molecule is C=C(C)C(=O)OCCCCC[SiH2]C(F)F. The average molecular weight is 236 g/mol. The molecule has 0 saturated heterocycles. The molecule has 0 saturated carbocycles. The molecule has 88 valence electrons. The molecule has 0 radical (unpaired) electrons. The number of alkyl halides is 2. The topological polar surface area (TPSA) is 26.3 Å². The predicted molar refractivity (Wildman–Crippen MR) is 59.0 cm³/mol. The van der Waals surface area contributed by atoms with Crippen LogP contribution in [0.3, 0.4) is 0 Å². The molecule has 0 aromatic carbocycles. The van der Waals surface area contributed by atoms with Gasteiger partial charge in [0.15, 0.2) is 0 Å². The van der Waals surface area contributed by atoms with Gasteiger partial charge in [0.1, 0.15) is 9.52 Å². The van der Waals surface area contributed by atoms with Gasteiger partial charge in [-0.15, -0.1) is 0 Å². The molecule has 5 heteroatoms. The first-order chi connectivity index (χ1) is 7.04. The van der Waals surface area contributed by atoms with Crippen LogP contribution in [-0.2, 0) is 9.53 Å². The molecule has 0 atom stereocenters. The van der Waals surface area contributed by atoms with Crippen molar-refractivity contribution in [2.45, 2.75) is 38.3 Å². The molecule has 0 aromatic rings. The van der Waals surface area contributed by atoms with Crippen molar-refractivity contribution >= 4 is 15.5 Å². The van der Waals surface area contributed by atoms with E-state index in [1.165, 1.54) is 0 Å². The van der Waals surface area contributed by atoms with E-state index in [9.17, 15) is 13.6 Å². The third-order valence-corrected chi connectivity index (χ3v) is 3.24. The van der Waals surface area contributed by atoms with E-state index < -0.39 is 15.6 Å². The zero-order valence-electron chi connectivity index (χ0n) is 9.10. The molecule has 0 amide bonds. The zero-order valence-corrected chi connectivity index (χ0v) is 10.5. The van der Waals surface area contributed by atoms with Gasteiger partial charge in [-0.2, -0.15) is 0 Å². The van der Waals surface area contributed by atoms with Crippen LogP contribution in [0.5, 0.6) is 0 Å². The Labute approximate surface area is 91.5 Å². The van der Waals surface area contributed by atoms with E-state index in [4.69, 9.17) is 4.74 Å². The predicted octanol–water partition coefficient (Wildman–Crippen LogP) is 2.09. The van der Waals surface area contributed by atoms with Crippen LogP contribution in [0, 0.1) is 0 Å². The molecule has 0 spiro atoms. The van der Waals surface area contributed by atoms with Crippen molar-refractivity contribution in [2.24, 2.45) is 0 Å². The average Bonchev–Trinajstić information content (AvgIpc) is 2.15. The molecule has 0 heterocycles. The number of esters is 1. The molecule has 0 aliphatic carbocycles. The Kier molecular flexibility index (Phi) is 8.18. The van der Waals surface area contributed by atoms with Crippen LogP contribution >= 0.6 is 0 Å². The van der Waals surface area contributed by atoms with Gasteiger partial charge in [-0.3, -0.25) is 0 Å². The van der Waals surface area contributed by atoms with Crippen LogP contribution in [-0.4, -0.2) is 28.1 Å². The summed E-state index contributed by atoms with van der Waals surface area (Å²) in [7, 11) is -1.17. The summed E-state index contributed by atoms with van der Waals surface area (Å²) < 4.78 is 28.4. The molecule has 0 aromatic heterocycles. The second-order valence-corrected chi connectivity index (χ2v) is 5.41. The van der Waals surface area contributed by atoms with Gasteiger partial charge in [-0.05, 0) is 13.3 Å². The lowest BCUT2D eigenvalue weighted by atomic mass is 10.3. The van der Waals surface area contributed by atoms with Gasteiger partial charge in [0.25, 0.3) is 0 Å². The highest BCUT2D eigenvalue weighted by Crippen LogP contribution is 2.04. The second kappa shape index (κ2) is 8.58. The summed E-state index contributed by atoms with van der Waals surface area (Å²) in [6, 6.07) is -1.39. The van der Waals surface area contributed by atoms with E-state index in [0.717, 1.165) is 19.3 Å². The van der Waals surface area contributed by atoms with Crippen molar-refractivity contribution in [3.05, 3.63) is 12.2 Å². The Bertz CT molecular complexity index is 208. The molecule has 0 N–H and O–H groups in total. The summed E-state index contributed by atoms with van der Waals surface area (Å²) in [5, 5.41) is 0. The largest absolute Gasteiger partial charge is 0.462 e. The maximum absolute atomic E-state index is 11.8. The molecular weight excluding hydrogens is 218 g/mol. The standard InChI is InChI=1S/C10H18F2O2Si/c1-8(2)9(13)14-6-4-3-5-7-15-10(11)12/h10H,1,3-7,15H2,2H3. The van der Waals surface area contributed by atoms with E-state index in [2.05, 4.69) is 6.58 Å². The number of halogens is 2. The summed E-state index contributed by atoms with van der Waals surface area (Å²) in [6.45, 7) is 5.41. The molecule has 0 fully saturated rings. The number of carbonyl (C=O) groups excluding carboxylic acids is 1. The first-order valence-corrected chi connectivity index (χ1v) is 6.96. The third kappa shape index (κ3) is 9.59. The Balaban J connectivity index is 3.18. The maximum Gasteiger partial charge on any atom is 0.333 e. The quantitative estimate of drug-likeness (QED) is 0.279. The van der Waals surface area contributed by atoms with Crippen molar-refractivity contribution in [1.82, 2.24) is 0 Å². The molecule has 0 aliphatic heterocycles. The molecular formula is C10H18F2O2Si. The number of rotatable bonds is 8. The van der Waals surface area contributed by atoms with Crippen LogP contribution in [0.15, 0.2) is 12.2 Å². The number of carbonyl (C=O) groups is 1. The number of ether oxygens (including phenoxy) is 1. The molecule has 0 bridgehead atoms. The Hall–Kier alpha value is -0.713. The first kappa shape index (κ1) is 14.3. The Morgan fingerprint density at radius 1 is 1.40 bits per heavy atom. The minimum atomic E-state index is -2.06. The van der Waals surface area contributed by atoms with E-state index in [0.29, 0.717) is 18.2 Å². The normalized spacial score (nSPS) is 11.2. The highest BCUT2D eigenvalue weighted by molar-refractivity contribution is 6.36. The van der Waals surface area contributed by atoms with Gasteiger partial charge < -0.3 is 4.74 Å². The molecule has 0 unspecified atom stereocenters. The third-order valence-electron chi connectivity index (χ3n) is 1.90. The number of unbranched alkanes of at least 4 members (excludes halogenated alkanes) is 2. The van der Waals surface area contributed by atoms with Gasteiger partial charge >= 0.3 is 5.97 Å². The van der Waals surface area contributed by atoms with Crippen LogP contribution in [0.1, 0.15) is 26.2 Å². The van der Waals surface area contributed by atoms with Gasteiger partial charge in [0.2, 0.25) is 6.05 Å². The van der Waals surface area contributed by atoms with Crippen molar-refractivity contribution in [3.8, 4) is 0 Å². The summed E-state index contributed by atoms with van der Waals surface area (Å²) in [5.41, 5.74) is 0.389. The molecule has 0 rings (SSSR count). The highest BCUT2D eigenvalue weighted by Gasteiger charge is 2.03. The number of hydrogen-bond acceptors (Lipinski definition) is 2. The van der Waals surface area contributed by atoms with E-state index in [-0.39, 0.29) is 5.97 Å². The van der Waals surface area contributed by atoms with Crippen molar-refractivity contribution < 1.29 is 18.3 Å². The minimum Gasteiger partial charge on any atom is -0.462 e. The highest BCUT2D eigenvalue weighted by atomic mass is 28.2. The van der Waals surface area contributed by atoms with Gasteiger partial charge in [0.05, 0.1) is 6.61 Å². The van der Waals surface area contributed by atoms with Gasteiger partial charge in [0, 0.05) is 5.57 Å². The van der Waals surface area contributed by atoms with Crippen LogP contribution in [0.25, 0.3) is 0 Å². The minimum absolute atomic E-state index is 0.363. The summed E-state index contributed by atoms with van der Waals surface area (Å²) in [5.74, 6) is -0.378. The fourth-order valence-corrected chi connectivity index (χ4v) is 1.99. The lowest BCUT2D eigenvalue weighted by molar-refractivity contribution is -0.139. The first-order valence-electron chi connectivity index (χ1n) is 5.15. The zero-order chi connectivity index (χ0) is 11.7. The van der Waals surface area contributed by atoms with Crippen LogP contribution < -0.4 is 0 Å². The molecule has 15 heavy (non-hydrogen) atoms. The summed E-state index contributed by atoms with van der Waals surface area (Å²) in [4.78, 5) is 10.9. The van der Waals surface area contributed by atoms with Crippen LogP contribution in [0.4, 0.5) is 8.78 Å². The number of hydrogen-bond donors (Lipinski definition) is 0. The fourth-order valence-electron chi connectivity index (χ4n) is 1.04. The Morgan fingerprint density at radius 3 is 2.60 bits per heavy atom. The van der Waals surface area contributed by atoms with E-state index in [1.54, 1.807) is 6.92 Å². The second-order valence-electron chi connectivity index (χ2n) is 3.51. The maximum atomic E-state index is 11.8. The van der Waals surface area contributed by atoms with Gasteiger partial charge in [-0.1, -0.05) is 25.5 Å². The fraction of sp³-hybridized carbons (Fsp3) is 0.700. The van der Waals surface area contributed by atoms with E-state index >= 15 is 0 Å². The van der Waals surface area contributed by atoms with Crippen molar-refractivity contribution in [3.63, 3.8) is 0 Å². The van der Waals surface area contributed by atoms with Gasteiger partial charge in [-0.25, -0.2) is 13.6 Å². The molecule has 0 aliphatic rings. The van der Waals surface area contributed by atoms with Crippen molar-refractivity contribution in [2.75, 3.05) is 6.61 Å². The lowest BCUT2D eigenvalue weighted by Gasteiger charge is -2.03. The summed E-state index contributed by atoms with van der Waals surface area (Å²) in [6.07, 6.45) is 2.42. The van der Waals surface area contributed by atoms with E-state index in [1.807, 2.05) is 0 Å². The summed E-state index contributed by atoms with van der Waals surface area (Å²) >= 11 is 0. The molecule has 2 nitrogen and oxygen atoms in total. The van der Waals surface area contributed by atoms with Crippen molar-refractivity contribution in [1.29, 1.82) is 0 Å². The van der Waals surface area contributed by atoms with Crippen LogP contribution in [0.2, 0.25) is 6.04 Å². The smallest absolute Gasteiger partial charge is 0.333 e. The monoisotopic (exact) mass is 236 g/mol. The lowest BCUT2D eigenvalue weighted by Crippen LogP contribution is -2.06. The Morgan fingerprint density at radius 2 is 2.07 bits per heavy atom.